The third kappa shape index (κ3) is 3.75. The Bertz CT molecular complexity index is 580. The first kappa shape index (κ1) is 16.3. The third-order valence-electron chi connectivity index (χ3n) is 3.50. The van der Waals surface area contributed by atoms with E-state index in [-0.39, 0.29) is 16.2 Å². The SMILES string of the molecule is CSC1CCCCC1NS(=O)(=O)c1ccc(Br)cc1F. The molecule has 0 saturated heterocycles. The summed E-state index contributed by atoms with van der Waals surface area (Å²) in [7, 11) is -3.81. The van der Waals surface area contributed by atoms with Gasteiger partial charge in [-0.1, -0.05) is 28.8 Å². The summed E-state index contributed by atoms with van der Waals surface area (Å²) in [6.07, 6.45) is 5.92. The van der Waals surface area contributed by atoms with Gasteiger partial charge in [-0.25, -0.2) is 17.5 Å². The minimum Gasteiger partial charge on any atom is -0.207 e. The number of thioether (sulfide) groups is 1. The molecule has 2 rings (SSSR count). The molecule has 0 aromatic heterocycles. The Morgan fingerprint density at radius 2 is 2.05 bits per heavy atom. The van der Waals surface area contributed by atoms with Crippen LogP contribution < -0.4 is 4.72 Å². The van der Waals surface area contributed by atoms with Crippen molar-refractivity contribution >= 4 is 37.7 Å². The van der Waals surface area contributed by atoms with Crippen molar-refractivity contribution < 1.29 is 12.8 Å². The minimum absolute atomic E-state index is 0.119. The van der Waals surface area contributed by atoms with E-state index in [1.165, 1.54) is 18.2 Å². The van der Waals surface area contributed by atoms with Gasteiger partial charge in [0, 0.05) is 15.8 Å². The quantitative estimate of drug-likeness (QED) is 0.867. The van der Waals surface area contributed by atoms with Gasteiger partial charge < -0.3 is 0 Å². The van der Waals surface area contributed by atoms with Crippen molar-refractivity contribution in [1.29, 1.82) is 0 Å². The normalized spacial score (nSPS) is 23.8. The number of hydrogen-bond acceptors (Lipinski definition) is 3. The molecule has 20 heavy (non-hydrogen) atoms. The van der Waals surface area contributed by atoms with Gasteiger partial charge in [0.2, 0.25) is 10.0 Å². The maximum absolute atomic E-state index is 13.8. The summed E-state index contributed by atoms with van der Waals surface area (Å²) in [5.74, 6) is -0.733. The van der Waals surface area contributed by atoms with Crippen LogP contribution >= 0.6 is 27.7 Å². The summed E-state index contributed by atoms with van der Waals surface area (Å²) in [5.41, 5.74) is 0. The summed E-state index contributed by atoms with van der Waals surface area (Å²) < 4.78 is 41.7. The molecule has 0 heterocycles. The Kier molecular flexibility index (Phi) is 5.50. The molecule has 1 aliphatic carbocycles. The van der Waals surface area contributed by atoms with Gasteiger partial charge in [-0.3, -0.25) is 0 Å². The summed E-state index contributed by atoms with van der Waals surface area (Å²) >= 11 is 4.79. The second-order valence-electron chi connectivity index (χ2n) is 4.86. The number of hydrogen-bond donors (Lipinski definition) is 1. The van der Waals surface area contributed by atoms with Crippen molar-refractivity contribution in [3.8, 4) is 0 Å². The first-order chi connectivity index (χ1) is 9.44. The van der Waals surface area contributed by atoms with Gasteiger partial charge >= 0.3 is 0 Å². The van der Waals surface area contributed by atoms with E-state index in [2.05, 4.69) is 20.7 Å². The fourth-order valence-electron chi connectivity index (χ4n) is 2.47. The van der Waals surface area contributed by atoms with E-state index in [4.69, 9.17) is 0 Å². The minimum atomic E-state index is -3.81. The van der Waals surface area contributed by atoms with Crippen molar-refractivity contribution in [2.45, 2.75) is 41.9 Å². The van der Waals surface area contributed by atoms with Crippen molar-refractivity contribution in [2.24, 2.45) is 0 Å². The molecule has 1 aromatic carbocycles. The van der Waals surface area contributed by atoms with Gasteiger partial charge in [0.15, 0.2) is 0 Å². The molecule has 7 heteroatoms. The highest BCUT2D eigenvalue weighted by molar-refractivity contribution is 9.10. The van der Waals surface area contributed by atoms with E-state index in [9.17, 15) is 12.8 Å². The largest absolute Gasteiger partial charge is 0.243 e. The van der Waals surface area contributed by atoms with Crippen LogP contribution in [-0.4, -0.2) is 26.0 Å². The molecule has 0 spiro atoms. The van der Waals surface area contributed by atoms with Crippen LogP contribution in [0.2, 0.25) is 0 Å². The zero-order valence-electron chi connectivity index (χ0n) is 11.1. The van der Waals surface area contributed by atoms with Gasteiger partial charge in [-0.15, -0.1) is 0 Å². The summed E-state index contributed by atoms with van der Waals surface area (Å²) in [4.78, 5) is -0.286. The summed E-state index contributed by atoms with van der Waals surface area (Å²) in [6, 6.07) is 3.87. The smallest absolute Gasteiger partial charge is 0.207 e. The van der Waals surface area contributed by atoms with E-state index >= 15 is 0 Å². The van der Waals surface area contributed by atoms with Crippen LogP contribution in [0.1, 0.15) is 25.7 Å². The van der Waals surface area contributed by atoms with E-state index < -0.39 is 15.8 Å². The second-order valence-corrected chi connectivity index (χ2v) is 8.54. The number of sulfonamides is 1. The average molecular weight is 382 g/mol. The van der Waals surface area contributed by atoms with Crippen LogP contribution in [0.5, 0.6) is 0 Å². The van der Waals surface area contributed by atoms with Crippen LogP contribution in [0.15, 0.2) is 27.6 Å². The lowest BCUT2D eigenvalue weighted by Gasteiger charge is -2.30. The molecular formula is C13H17BrFNO2S2. The van der Waals surface area contributed by atoms with Crippen LogP contribution in [-0.2, 0) is 10.0 Å². The number of rotatable bonds is 4. The molecule has 1 fully saturated rings. The molecule has 112 valence electrons. The average Bonchev–Trinajstić information content (AvgIpc) is 2.38. The van der Waals surface area contributed by atoms with Crippen molar-refractivity contribution in [2.75, 3.05) is 6.26 Å². The Balaban J connectivity index is 2.22. The topological polar surface area (TPSA) is 46.2 Å². The van der Waals surface area contributed by atoms with E-state index in [0.717, 1.165) is 25.7 Å². The monoisotopic (exact) mass is 381 g/mol. The molecule has 1 N–H and O–H groups in total. The Morgan fingerprint density at radius 3 is 2.70 bits per heavy atom. The molecule has 3 nitrogen and oxygen atoms in total. The maximum atomic E-state index is 13.8. The molecule has 2 unspecified atom stereocenters. The first-order valence-corrected chi connectivity index (χ1v) is 10.0. The van der Waals surface area contributed by atoms with E-state index in [1.54, 1.807) is 11.8 Å². The number of benzene rings is 1. The van der Waals surface area contributed by atoms with Crippen molar-refractivity contribution in [3.63, 3.8) is 0 Å². The predicted molar refractivity (Wildman–Crippen MR) is 84.0 cm³/mol. The van der Waals surface area contributed by atoms with Gasteiger partial charge in [0.1, 0.15) is 10.7 Å². The lowest BCUT2D eigenvalue weighted by atomic mass is 9.96. The maximum Gasteiger partial charge on any atom is 0.243 e. The molecule has 1 aromatic rings. The highest BCUT2D eigenvalue weighted by atomic mass is 79.9. The van der Waals surface area contributed by atoms with Crippen molar-refractivity contribution in [1.82, 2.24) is 4.72 Å². The van der Waals surface area contributed by atoms with Gasteiger partial charge in [-0.05, 0) is 37.3 Å². The Labute approximate surface area is 131 Å². The van der Waals surface area contributed by atoms with E-state index in [0.29, 0.717) is 4.47 Å². The van der Waals surface area contributed by atoms with Crippen LogP contribution in [0.4, 0.5) is 4.39 Å². The molecule has 0 radical (unpaired) electrons. The molecule has 2 atom stereocenters. The highest BCUT2D eigenvalue weighted by Gasteiger charge is 2.30. The molecule has 0 bridgehead atoms. The summed E-state index contributed by atoms with van der Waals surface area (Å²) in [6.45, 7) is 0. The second kappa shape index (κ2) is 6.77. The number of halogens is 2. The third-order valence-corrected chi connectivity index (χ3v) is 6.68. The highest BCUT2D eigenvalue weighted by Crippen LogP contribution is 2.29. The molecule has 1 aliphatic rings. The van der Waals surface area contributed by atoms with Crippen LogP contribution in [0, 0.1) is 5.82 Å². The first-order valence-electron chi connectivity index (χ1n) is 6.44. The number of nitrogens with one attached hydrogen (secondary N) is 1. The van der Waals surface area contributed by atoms with Crippen LogP contribution in [0.3, 0.4) is 0 Å². The molecule has 1 saturated carbocycles. The fraction of sp³-hybridized carbons (Fsp3) is 0.538. The van der Waals surface area contributed by atoms with E-state index in [1.807, 2.05) is 6.26 Å². The molecule has 0 amide bonds. The Hall–Kier alpha value is -0.110. The van der Waals surface area contributed by atoms with Gasteiger partial charge in [0.25, 0.3) is 0 Å². The lowest BCUT2D eigenvalue weighted by Crippen LogP contribution is -2.43. The van der Waals surface area contributed by atoms with Gasteiger partial charge in [0.05, 0.1) is 0 Å². The molecule has 0 aliphatic heterocycles. The zero-order chi connectivity index (χ0) is 14.8. The standard InChI is InChI=1S/C13H17BrFNO2S2/c1-19-12-5-3-2-4-11(12)16-20(17,18)13-7-6-9(14)8-10(13)15/h6-8,11-12,16H,2-5H2,1H3. The predicted octanol–water partition coefficient (Wildman–Crippen LogP) is 3.54. The summed E-state index contributed by atoms with van der Waals surface area (Å²) in [5, 5.41) is 0.261. The lowest BCUT2D eigenvalue weighted by molar-refractivity contribution is 0.422. The zero-order valence-corrected chi connectivity index (χ0v) is 14.3. The van der Waals surface area contributed by atoms with Crippen LogP contribution in [0.25, 0.3) is 0 Å². The fourth-order valence-corrected chi connectivity index (χ4v) is 5.19. The Morgan fingerprint density at radius 1 is 1.35 bits per heavy atom. The van der Waals surface area contributed by atoms with Crippen molar-refractivity contribution in [3.05, 3.63) is 28.5 Å². The van der Waals surface area contributed by atoms with Gasteiger partial charge in [-0.2, -0.15) is 11.8 Å². The molecular weight excluding hydrogens is 365 g/mol.